The molecule has 0 saturated heterocycles. The number of carbonyl (C=O) groups excluding carboxylic acids is 2. The summed E-state index contributed by atoms with van der Waals surface area (Å²) in [5.41, 5.74) is 1.29. The van der Waals surface area contributed by atoms with Gasteiger partial charge in [0.25, 0.3) is 0 Å². The quantitative estimate of drug-likeness (QED) is 0.424. The SMILES string of the molecule is C=CCn1c(SCC(=O)NC(=O)Nc2ccc3c(c2)OCO3)nnc1-c1ccoc1C. The molecule has 160 valence electrons. The third-order valence-electron chi connectivity index (χ3n) is 4.34. The highest BCUT2D eigenvalue weighted by atomic mass is 32.2. The number of amides is 3. The molecule has 0 saturated carbocycles. The van der Waals surface area contributed by atoms with Crippen molar-refractivity contribution in [1.29, 1.82) is 0 Å². The fraction of sp³-hybridized carbons (Fsp3) is 0.200. The molecular formula is C20H19N5O5S. The summed E-state index contributed by atoms with van der Waals surface area (Å²) in [7, 11) is 0. The highest BCUT2D eigenvalue weighted by Crippen LogP contribution is 2.34. The summed E-state index contributed by atoms with van der Waals surface area (Å²) in [6.07, 6.45) is 3.29. The van der Waals surface area contributed by atoms with Gasteiger partial charge in [0.1, 0.15) is 5.76 Å². The van der Waals surface area contributed by atoms with E-state index < -0.39 is 11.9 Å². The molecule has 4 rings (SSSR count). The lowest BCUT2D eigenvalue weighted by Crippen LogP contribution is -2.35. The van der Waals surface area contributed by atoms with Crippen LogP contribution in [0.15, 0.2) is 52.8 Å². The smallest absolute Gasteiger partial charge is 0.325 e. The van der Waals surface area contributed by atoms with Crippen molar-refractivity contribution >= 4 is 29.4 Å². The Hall–Kier alpha value is -3.73. The van der Waals surface area contributed by atoms with Crippen molar-refractivity contribution in [3.8, 4) is 22.9 Å². The van der Waals surface area contributed by atoms with Crippen LogP contribution in [0.5, 0.6) is 11.5 Å². The average Bonchev–Trinajstić information content (AvgIpc) is 3.46. The predicted octanol–water partition coefficient (Wildman–Crippen LogP) is 3.20. The summed E-state index contributed by atoms with van der Waals surface area (Å²) in [6, 6.07) is 6.12. The summed E-state index contributed by atoms with van der Waals surface area (Å²) in [6.45, 7) is 6.19. The van der Waals surface area contributed by atoms with Gasteiger partial charge in [0, 0.05) is 18.3 Å². The van der Waals surface area contributed by atoms with Gasteiger partial charge in [-0.05, 0) is 25.1 Å². The molecule has 3 aromatic rings. The fourth-order valence-electron chi connectivity index (χ4n) is 2.93. The second-order valence-electron chi connectivity index (χ2n) is 6.45. The maximum absolute atomic E-state index is 12.2. The van der Waals surface area contributed by atoms with Crippen molar-refractivity contribution in [2.24, 2.45) is 0 Å². The van der Waals surface area contributed by atoms with Crippen LogP contribution < -0.4 is 20.1 Å². The minimum atomic E-state index is -0.647. The summed E-state index contributed by atoms with van der Waals surface area (Å²) in [5, 5.41) is 13.8. The number of thioether (sulfide) groups is 1. The third-order valence-corrected chi connectivity index (χ3v) is 5.31. The number of furan rings is 1. The zero-order chi connectivity index (χ0) is 21.8. The monoisotopic (exact) mass is 441 g/mol. The van der Waals surface area contributed by atoms with Crippen molar-refractivity contribution in [3.05, 3.63) is 48.9 Å². The van der Waals surface area contributed by atoms with Gasteiger partial charge in [-0.1, -0.05) is 17.8 Å². The predicted molar refractivity (Wildman–Crippen MR) is 113 cm³/mol. The number of hydrogen-bond acceptors (Lipinski definition) is 8. The zero-order valence-electron chi connectivity index (χ0n) is 16.6. The van der Waals surface area contributed by atoms with Crippen LogP contribution in [0.2, 0.25) is 0 Å². The van der Waals surface area contributed by atoms with E-state index in [0.29, 0.717) is 40.5 Å². The van der Waals surface area contributed by atoms with E-state index in [1.807, 2.05) is 11.5 Å². The maximum Gasteiger partial charge on any atom is 0.325 e. The van der Waals surface area contributed by atoms with Crippen molar-refractivity contribution in [2.45, 2.75) is 18.6 Å². The van der Waals surface area contributed by atoms with Crippen molar-refractivity contribution in [3.63, 3.8) is 0 Å². The Kier molecular flexibility index (Phi) is 5.94. The largest absolute Gasteiger partial charge is 0.469 e. The highest BCUT2D eigenvalue weighted by molar-refractivity contribution is 7.99. The Morgan fingerprint density at radius 1 is 1.26 bits per heavy atom. The summed E-state index contributed by atoms with van der Waals surface area (Å²) in [5.74, 6) is 1.98. The number of nitrogens with one attached hydrogen (secondary N) is 2. The number of anilines is 1. The first-order valence-electron chi connectivity index (χ1n) is 9.27. The number of urea groups is 1. The molecule has 0 bridgehead atoms. The summed E-state index contributed by atoms with van der Waals surface area (Å²) < 4.78 is 17.7. The second-order valence-corrected chi connectivity index (χ2v) is 7.40. The molecule has 31 heavy (non-hydrogen) atoms. The number of benzene rings is 1. The molecule has 3 amide bonds. The van der Waals surface area contributed by atoms with Gasteiger partial charge in [0.05, 0.1) is 17.6 Å². The van der Waals surface area contributed by atoms with Crippen LogP contribution in [0.1, 0.15) is 5.76 Å². The van der Waals surface area contributed by atoms with Gasteiger partial charge < -0.3 is 19.2 Å². The molecule has 2 N–H and O–H groups in total. The zero-order valence-corrected chi connectivity index (χ0v) is 17.4. The van der Waals surface area contributed by atoms with Gasteiger partial charge in [-0.25, -0.2) is 4.79 Å². The van der Waals surface area contributed by atoms with Crippen LogP contribution in [-0.2, 0) is 11.3 Å². The van der Waals surface area contributed by atoms with E-state index in [0.717, 1.165) is 5.56 Å². The van der Waals surface area contributed by atoms with Crippen LogP contribution in [0.3, 0.4) is 0 Å². The van der Waals surface area contributed by atoms with Crippen LogP contribution >= 0.6 is 11.8 Å². The Balaban J connectivity index is 1.35. The number of hydrogen-bond donors (Lipinski definition) is 2. The molecule has 11 heteroatoms. The Labute approximate surface area is 181 Å². The van der Waals surface area contributed by atoms with Gasteiger partial charge >= 0.3 is 6.03 Å². The van der Waals surface area contributed by atoms with E-state index in [1.54, 1.807) is 36.6 Å². The molecule has 1 aliphatic rings. The van der Waals surface area contributed by atoms with E-state index >= 15 is 0 Å². The van der Waals surface area contributed by atoms with Crippen LogP contribution in [0, 0.1) is 6.92 Å². The lowest BCUT2D eigenvalue weighted by atomic mass is 10.2. The van der Waals surface area contributed by atoms with Gasteiger partial charge in [-0.15, -0.1) is 16.8 Å². The van der Waals surface area contributed by atoms with Crippen molar-refractivity contribution in [2.75, 3.05) is 17.9 Å². The first kappa shape index (κ1) is 20.5. The first-order chi connectivity index (χ1) is 15.0. The first-order valence-corrected chi connectivity index (χ1v) is 10.3. The Bertz CT molecular complexity index is 1140. The Morgan fingerprint density at radius 3 is 2.87 bits per heavy atom. The molecule has 2 aromatic heterocycles. The lowest BCUT2D eigenvalue weighted by Gasteiger charge is -2.08. The maximum atomic E-state index is 12.2. The topological polar surface area (TPSA) is 121 Å². The highest BCUT2D eigenvalue weighted by Gasteiger charge is 2.19. The number of allylic oxidation sites excluding steroid dienone is 1. The second kappa shape index (κ2) is 8.96. The Morgan fingerprint density at radius 2 is 2.10 bits per heavy atom. The van der Waals surface area contributed by atoms with E-state index in [1.165, 1.54) is 11.8 Å². The standard InChI is InChI=1S/C20H19N5O5S/c1-3-7-25-18(14-6-8-28-12(14)2)23-24-20(25)31-10-17(26)22-19(27)21-13-4-5-15-16(9-13)30-11-29-15/h3-6,8-9H,1,7,10-11H2,2H3,(H2,21,22,26,27). The van der Waals surface area contributed by atoms with Gasteiger partial charge in [-0.3, -0.25) is 14.7 Å². The lowest BCUT2D eigenvalue weighted by molar-refractivity contribution is -0.117. The summed E-state index contributed by atoms with van der Waals surface area (Å²) >= 11 is 1.17. The molecule has 0 radical (unpaired) electrons. The molecule has 0 atom stereocenters. The van der Waals surface area contributed by atoms with E-state index in [2.05, 4.69) is 27.4 Å². The number of rotatable bonds is 7. The van der Waals surface area contributed by atoms with E-state index in [9.17, 15) is 9.59 Å². The van der Waals surface area contributed by atoms with Crippen molar-refractivity contribution < 1.29 is 23.5 Å². The van der Waals surface area contributed by atoms with E-state index in [-0.39, 0.29) is 12.5 Å². The van der Waals surface area contributed by atoms with Crippen LogP contribution in [0.4, 0.5) is 10.5 Å². The molecule has 1 aliphatic heterocycles. The number of fused-ring (bicyclic) bond motifs is 1. The molecule has 0 fully saturated rings. The fourth-order valence-corrected chi connectivity index (χ4v) is 3.68. The van der Waals surface area contributed by atoms with E-state index in [4.69, 9.17) is 13.9 Å². The number of imide groups is 1. The van der Waals surface area contributed by atoms with Gasteiger partial charge in [-0.2, -0.15) is 0 Å². The van der Waals surface area contributed by atoms with Gasteiger partial charge in [0.2, 0.25) is 12.7 Å². The molecule has 10 nitrogen and oxygen atoms in total. The van der Waals surface area contributed by atoms with Gasteiger partial charge in [0.15, 0.2) is 22.5 Å². The molecule has 0 unspecified atom stereocenters. The minimum absolute atomic E-state index is 0.0196. The van der Waals surface area contributed by atoms with Crippen LogP contribution in [0.25, 0.3) is 11.4 Å². The molecule has 1 aromatic carbocycles. The number of nitrogens with zero attached hydrogens (tertiary/aromatic N) is 3. The minimum Gasteiger partial charge on any atom is -0.469 e. The molecular weight excluding hydrogens is 422 g/mol. The molecule has 0 spiro atoms. The summed E-state index contributed by atoms with van der Waals surface area (Å²) in [4.78, 5) is 24.4. The average molecular weight is 441 g/mol. The number of carbonyl (C=O) groups is 2. The third kappa shape index (κ3) is 4.56. The molecule has 3 heterocycles. The molecule has 0 aliphatic carbocycles. The van der Waals surface area contributed by atoms with Crippen molar-refractivity contribution in [1.82, 2.24) is 20.1 Å². The number of aryl methyl sites for hydroxylation is 1. The normalized spacial score (nSPS) is 11.9. The number of aromatic nitrogens is 3. The number of ether oxygens (including phenoxy) is 2. The van der Waals surface area contributed by atoms with Crippen LogP contribution in [-0.4, -0.2) is 39.2 Å².